The molecule has 1 aliphatic rings. The Hall–Kier alpha value is -2.47. The molecule has 4 nitrogen and oxygen atoms in total. The summed E-state index contributed by atoms with van der Waals surface area (Å²) >= 11 is 0. The largest absolute Gasteiger partial charge is 0.444 e. The Balaban J connectivity index is 1.79. The molecule has 2 aromatic carbocycles. The molecule has 6 heteroatoms. The minimum absolute atomic E-state index is 0.295. The third-order valence-corrected chi connectivity index (χ3v) is 4.71. The van der Waals surface area contributed by atoms with Gasteiger partial charge in [-0.05, 0) is 38.0 Å². The Bertz CT molecular complexity index is 821. The zero-order chi connectivity index (χ0) is 20.3. The lowest BCUT2D eigenvalue weighted by molar-refractivity contribution is 0.0502. The summed E-state index contributed by atoms with van der Waals surface area (Å²) in [5.41, 5.74) is 0.917. The number of benzene rings is 2. The van der Waals surface area contributed by atoms with E-state index in [2.05, 4.69) is 10.2 Å². The fourth-order valence-electron chi connectivity index (χ4n) is 3.58. The van der Waals surface area contributed by atoms with Gasteiger partial charge in [0.15, 0.2) is 0 Å². The van der Waals surface area contributed by atoms with Crippen molar-refractivity contribution < 1.29 is 18.3 Å². The summed E-state index contributed by atoms with van der Waals surface area (Å²) in [4.78, 5) is 14.4. The molecule has 0 unspecified atom stereocenters. The van der Waals surface area contributed by atoms with Gasteiger partial charge < -0.3 is 10.1 Å². The first-order chi connectivity index (χ1) is 13.2. The lowest BCUT2D eigenvalue weighted by atomic mass is 9.94. The zero-order valence-electron chi connectivity index (χ0n) is 16.4. The number of hydrogen-bond donors (Lipinski definition) is 1. The van der Waals surface area contributed by atoms with Crippen LogP contribution in [-0.4, -0.2) is 35.7 Å². The van der Waals surface area contributed by atoms with Crippen molar-refractivity contribution in [1.82, 2.24) is 10.2 Å². The highest BCUT2D eigenvalue weighted by molar-refractivity contribution is 5.68. The highest BCUT2D eigenvalue weighted by atomic mass is 19.1. The number of carbonyl (C=O) groups is 1. The summed E-state index contributed by atoms with van der Waals surface area (Å²) in [7, 11) is 0. The van der Waals surface area contributed by atoms with Gasteiger partial charge in [-0.2, -0.15) is 0 Å². The van der Waals surface area contributed by atoms with E-state index in [-0.39, 0.29) is 12.0 Å². The van der Waals surface area contributed by atoms with Gasteiger partial charge in [-0.15, -0.1) is 0 Å². The molecule has 3 rings (SSSR count). The van der Waals surface area contributed by atoms with Gasteiger partial charge in [0.05, 0.1) is 6.04 Å². The van der Waals surface area contributed by atoms with Gasteiger partial charge in [-0.25, -0.2) is 13.6 Å². The first-order valence-electron chi connectivity index (χ1n) is 9.42. The van der Waals surface area contributed by atoms with Crippen LogP contribution >= 0.6 is 0 Å². The van der Waals surface area contributed by atoms with Gasteiger partial charge in [0.1, 0.15) is 17.2 Å². The van der Waals surface area contributed by atoms with E-state index in [1.54, 1.807) is 20.8 Å². The van der Waals surface area contributed by atoms with Gasteiger partial charge in [0.2, 0.25) is 0 Å². The van der Waals surface area contributed by atoms with Crippen LogP contribution in [0.5, 0.6) is 0 Å². The highest BCUT2D eigenvalue weighted by Crippen LogP contribution is 2.31. The van der Waals surface area contributed by atoms with Crippen LogP contribution in [0.2, 0.25) is 0 Å². The van der Waals surface area contributed by atoms with Crippen molar-refractivity contribution in [3.05, 3.63) is 71.3 Å². The summed E-state index contributed by atoms with van der Waals surface area (Å²) in [5, 5.41) is 2.88. The minimum atomic E-state index is -0.622. The van der Waals surface area contributed by atoms with Crippen molar-refractivity contribution in [2.75, 3.05) is 13.1 Å². The quantitative estimate of drug-likeness (QED) is 0.841. The molecule has 1 aliphatic heterocycles. The number of rotatable bonds is 4. The van der Waals surface area contributed by atoms with Crippen molar-refractivity contribution in [1.29, 1.82) is 0 Å². The van der Waals surface area contributed by atoms with Crippen molar-refractivity contribution in [2.24, 2.45) is 0 Å². The molecule has 1 amide bonds. The van der Waals surface area contributed by atoms with E-state index >= 15 is 0 Å². The standard InChI is InChI=1S/C22H26F2N2O2/c1-22(2,3)28-21(27)25-20-14-26(12-15-7-5-4-6-8-15)13-18(20)17-10-9-16(23)11-19(17)24/h4-11,18,20H,12-14H2,1-3H3,(H,25,27)/t18-,20+/m0/s1. The van der Waals surface area contributed by atoms with Crippen LogP contribution in [0.4, 0.5) is 13.6 Å². The van der Waals surface area contributed by atoms with E-state index in [0.29, 0.717) is 25.2 Å². The Morgan fingerprint density at radius 2 is 1.86 bits per heavy atom. The number of hydrogen-bond acceptors (Lipinski definition) is 3. The molecule has 0 aliphatic carbocycles. The van der Waals surface area contributed by atoms with E-state index in [9.17, 15) is 13.6 Å². The van der Waals surface area contributed by atoms with Crippen molar-refractivity contribution in [3.8, 4) is 0 Å². The van der Waals surface area contributed by atoms with Crippen LogP contribution in [-0.2, 0) is 11.3 Å². The Labute approximate surface area is 164 Å². The molecule has 28 heavy (non-hydrogen) atoms. The van der Waals surface area contributed by atoms with Gasteiger partial charge >= 0.3 is 6.09 Å². The first-order valence-corrected chi connectivity index (χ1v) is 9.42. The van der Waals surface area contributed by atoms with Crippen LogP contribution in [0.25, 0.3) is 0 Å². The molecular weight excluding hydrogens is 362 g/mol. The number of nitrogens with zero attached hydrogens (tertiary/aromatic N) is 1. The lowest BCUT2D eigenvalue weighted by Crippen LogP contribution is -2.42. The number of carbonyl (C=O) groups excluding carboxylic acids is 1. The summed E-state index contributed by atoms with van der Waals surface area (Å²) in [6, 6.07) is 13.2. The van der Waals surface area contributed by atoms with Crippen molar-refractivity contribution in [2.45, 2.75) is 44.9 Å². The van der Waals surface area contributed by atoms with Crippen molar-refractivity contribution in [3.63, 3.8) is 0 Å². The first kappa shape index (κ1) is 20.3. The number of likely N-dealkylation sites (tertiary alicyclic amines) is 1. The topological polar surface area (TPSA) is 41.6 Å². The van der Waals surface area contributed by atoms with Gasteiger partial charge in [0, 0.05) is 31.6 Å². The SMILES string of the molecule is CC(C)(C)OC(=O)N[C@@H]1CN(Cc2ccccc2)C[C@H]1c1ccc(F)cc1F. The molecule has 2 aromatic rings. The van der Waals surface area contributed by atoms with Crippen molar-refractivity contribution >= 4 is 6.09 Å². The molecule has 0 radical (unpaired) electrons. The molecule has 1 N–H and O–H groups in total. The number of halogens is 2. The van der Waals surface area contributed by atoms with E-state index in [1.807, 2.05) is 30.3 Å². The average Bonchev–Trinajstić information content (AvgIpc) is 2.96. The second-order valence-electron chi connectivity index (χ2n) is 8.20. The Morgan fingerprint density at radius 3 is 2.50 bits per heavy atom. The molecule has 1 saturated heterocycles. The van der Waals surface area contributed by atoms with Crippen LogP contribution in [0.3, 0.4) is 0 Å². The van der Waals surface area contributed by atoms with Crippen LogP contribution in [0.15, 0.2) is 48.5 Å². The van der Waals surface area contributed by atoms with Crippen LogP contribution < -0.4 is 5.32 Å². The van der Waals surface area contributed by atoms with E-state index in [4.69, 9.17) is 4.74 Å². The highest BCUT2D eigenvalue weighted by Gasteiger charge is 2.37. The normalized spacial score (nSPS) is 20.2. The maximum Gasteiger partial charge on any atom is 0.407 e. The molecule has 1 heterocycles. The average molecular weight is 388 g/mol. The minimum Gasteiger partial charge on any atom is -0.444 e. The lowest BCUT2D eigenvalue weighted by Gasteiger charge is -2.24. The fraction of sp³-hybridized carbons (Fsp3) is 0.409. The summed E-state index contributed by atoms with van der Waals surface area (Å²) in [6.45, 7) is 7.17. The maximum absolute atomic E-state index is 14.4. The third kappa shape index (κ3) is 5.29. The Morgan fingerprint density at radius 1 is 1.14 bits per heavy atom. The molecule has 150 valence electrons. The smallest absolute Gasteiger partial charge is 0.407 e. The monoisotopic (exact) mass is 388 g/mol. The molecule has 0 bridgehead atoms. The number of alkyl carbamates (subject to hydrolysis) is 1. The molecule has 1 fully saturated rings. The number of amides is 1. The third-order valence-electron chi connectivity index (χ3n) is 4.71. The Kier molecular flexibility index (Phi) is 5.98. The fourth-order valence-corrected chi connectivity index (χ4v) is 3.58. The van der Waals surface area contributed by atoms with Gasteiger partial charge in [-0.3, -0.25) is 4.90 Å². The second-order valence-corrected chi connectivity index (χ2v) is 8.20. The van der Waals surface area contributed by atoms with Gasteiger partial charge in [0.25, 0.3) is 0 Å². The number of ether oxygens (including phenoxy) is 1. The van der Waals surface area contributed by atoms with E-state index in [1.165, 1.54) is 12.1 Å². The molecule has 0 aromatic heterocycles. The predicted octanol–water partition coefficient (Wildman–Crippen LogP) is 4.46. The van der Waals surface area contributed by atoms with Gasteiger partial charge in [-0.1, -0.05) is 36.4 Å². The van der Waals surface area contributed by atoms with Crippen LogP contribution in [0, 0.1) is 11.6 Å². The van der Waals surface area contributed by atoms with E-state index in [0.717, 1.165) is 11.6 Å². The molecule has 0 saturated carbocycles. The molecule has 2 atom stereocenters. The maximum atomic E-state index is 14.4. The second kappa shape index (κ2) is 8.27. The summed E-state index contributed by atoms with van der Waals surface area (Å²) in [6.07, 6.45) is -0.536. The van der Waals surface area contributed by atoms with Crippen LogP contribution in [0.1, 0.15) is 37.8 Å². The summed E-state index contributed by atoms with van der Waals surface area (Å²) in [5.74, 6) is -1.50. The summed E-state index contributed by atoms with van der Waals surface area (Å²) < 4.78 is 33.2. The zero-order valence-corrected chi connectivity index (χ0v) is 16.4. The predicted molar refractivity (Wildman–Crippen MR) is 104 cm³/mol. The number of nitrogens with one attached hydrogen (secondary N) is 1. The molecular formula is C22H26F2N2O2. The van der Waals surface area contributed by atoms with E-state index < -0.39 is 23.3 Å². The molecule has 0 spiro atoms.